The Kier molecular flexibility index (Phi) is 7.40. The Balaban J connectivity index is 1.47. The van der Waals surface area contributed by atoms with Gasteiger partial charge in [-0.15, -0.1) is 0 Å². The molecule has 0 saturated heterocycles. The number of Topliss-reactive ketones (excluding diaryl/α,β-unsaturated/α-hetero) is 1. The van der Waals surface area contributed by atoms with Crippen LogP contribution in [0.3, 0.4) is 0 Å². The number of benzene rings is 4. The second kappa shape index (κ2) is 11.6. The van der Waals surface area contributed by atoms with E-state index in [0.29, 0.717) is 28.6 Å². The minimum atomic E-state index is -0.106. The summed E-state index contributed by atoms with van der Waals surface area (Å²) in [4.78, 5) is 17.9. The van der Waals surface area contributed by atoms with Crippen LogP contribution in [0.15, 0.2) is 101 Å². The number of rotatable bonds is 9. The monoisotopic (exact) mass is 601 g/mol. The summed E-state index contributed by atoms with van der Waals surface area (Å²) in [6.45, 7) is 18.5. The molecule has 0 amide bonds. The molecule has 4 aromatic carbocycles. The first-order chi connectivity index (χ1) is 22.3. The largest absolute Gasteiger partial charge is 0.340 e. The normalized spacial score (nSPS) is 15.7. The molecule has 0 radical (unpaired) electrons. The van der Waals surface area contributed by atoms with E-state index in [-0.39, 0.29) is 11.5 Å². The summed E-state index contributed by atoms with van der Waals surface area (Å²) in [5.41, 5.74) is 5.84. The molecule has 0 saturated carbocycles. The molecule has 5 heteroatoms. The molecule has 0 fully saturated rings. The fourth-order valence-corrected chi connectivity index (χ4v) is 7.04. The second-order valence-electron chi connectivity index (χ2n) is 13.2. The van der Waals surface area contributed by atoms with E-state index in [0.717, 1.165) is 69.9 Å². The van der Waals surface area contributed by atoms with E-state index in [9.17, 15) is 4.79 Å². The zero-order chi connectivity index (χ0) is 32.1. The van der Waals surface area contributed by atoms with Crippen molar-refractivity contribution in [1.29, 1.82) is 5.41 Å². The number of aromatic nitrogens is 1. The third kappa shape index (κ3) is 4.66. The Morgan fingerprint density at radius 1 is 0.913 bits per heavy atom. The number of aryl methyl sites for hydroxylation is 1. The summed E-state index contributed by atoms with van der Waals surface area (Å²) in [6, 6.07) is 25.4. The van der Waals surface area contributed by atoms with Gasteiger partial charge in [0.05, 0.1) is 17.5 Å². The molecule has 1 aliphatic carbocycles. The van der Waals surface area contributed by atoms with Crippen molar-refractivity contribution in [2.45, 2.75) is 47.1 Å². The molecule has 1 N–H and O–H groups in total. The summed E-state index contributed by atoms with van der Waals surface area (Å²) >= 11 is 0. The first-order valence-corrected chi connectivity index (χ1v) is 16.2. The lowest BCUT2D eigenvalue weighted by atomic mass is 9.78. The van der Waals surface area contributed by atoms with Gasteiger partial charge in [0, 0.05) is 63.5 Å². The fraction of sp³-hybridized carbons (Fsp3) is 0.244. The minimum Gasteiger partial charge on any atom is -0.340 e. The molecule has 5 aromatic rings. The molecule has 1 aliphatic heterocycles. The van der Waals surface area contributed by atoms with E-state index in [1.54, 1.807) is 0 Å². The molecular formula is C41H37N4O+. The minimum absolute atomic E-state index is 0.0585. The molecule has 1 aromatic heterocycles. The van der Waals surface area contributed by atoms with Gasteiger partial charge in [-0.1, -0.05) is 82.3 Å². The molecule has 2 heterocycles. The predicted molar refractivity (Wildman–Crippen MR) is 189 cm³/mol. The van der Waals surface area contributed by atoms with Crippen molar-refractivity contribution in [2.75, 3.05) is 6.54 Å². The third-order valence-corrected chi connectivity index (χ3v) is 9.40. The smallest absolute Gasteiger partial charge is 0.254 e. The zero-order valence-corrected chi connectivity index (χ0v) is 26.8. The summed E-state index contributed by atoms with van der Waals surface area (Å²) in [5, 5.41) is 14.8. The van der Waals surface area contributed by atoms with Crippen molar-refractivity contribution in [1.82, 2.24) is 4.57 Å². The molecule has 2 aliphatic rings. The number of ketones is 1. The van der Waals surface area contributed by atoms with Gasteiger partial charge in [0.1, 0.15) is 6.54 Å². The Morgan fingerprint density at radius 3 is 2.28 bits per heavy atom. The van der Waals surface area contributed by atoms with Crippen LogP contribution in [0.5, 0.6) is 0 Å². The molecule has 226 valence electrons. The summed E-state index contributed by atoms with van der Waals surface area (Å²) in [5.74, 6) is 3.29. The Bertz CT molecular complexity index is 2340. The SMILES string of the molecule is [C-]#[N+]C(=C=N)C1=C(C=c2c3cccc4cccc(c43)n2CCC(C)C)C(=O)C1=CC1=[N+](CCC(C)C)c2cccc3cccc1c23. The van der Waals surface area contributed by atoms with Crippen LogP contribution >= 0.6 is 0 Å². The number of carbonyl (C=O) groups excluding carboxylic acids is 1. The van der Waals surface area contributed by atoms with Crippen LogP contribution in [0.25, 0.3) is 43.4 Å². The van der Waals surface area contributed by atoms with Crippen LogP contribution in [0.1, 0.15) is 46.1 Å². The predicted octanol–water partition coefficient (Wildman–Crippen LogP) is 8.54. The summed E-state index contributed by atoms with van der Waals surface area (Å²) < 4.78 is 4.64. The number of nitrogens with zero attached hydrogens (tertiary/aromatic N) is 3. The Labute approximate surface area is 269 Å². The fourth-order valence-electron chi connectivity index (χ4n) is 7.04. The summed E-state index contributed by atoms with van der Waals surface area (Å²) in [7, 11) is 0. The average molecular weight is 602 g/mol. The van der Waals surface area contributed by atoms with E-state index in [2.05, 4.69) is 120 Å². The molecule has 46 heavy (non-hydrogen) atoms. The molecule has 0 atom stereocenters. The number of allylic oxidation sites excluding steroid dienone is 3. The van der Waals surface area contributed by atoms with Gasteiger partial charge in [0.25, 0.3) is 5.70 Å². The van der Waals surface area contributed by atoms with Crippen LogP contribution in [-0.4, -0.2) is 33.1 Å². The van der Waals surface area contributed by atoms with Crippen LogP contribution < -0.4 is 5.35 Å². The lowest BCUT2D eigenvalue weighted by Crippen LogP contribution is -2.27. The van der Waals surface area contributed by atoms with Crippen LogP contribution in [0.2, 0.25) is 0 Å². The first-order valence-electron chi connectivity index (χ1n) is 16.2. The second-order valence-corrected chi connectivity index (χ2v) is 13.2. The maximum absolute atomic E-state index is 14.2. The van der Waals surface area contributed by atoms with E-state index >= 15 is 0 Å². The molecule has 0 unspecified atom stereocenters. The summed E-state index contributed by atoms with van der Waals surface area (Å²) in [6.07, 6.45) is 5.91. The van der Waals surface area contributed by atoms with Crippen LogP contribution in [0.4, 0.5) is 5.69 Å². The van der Waals surface area contributed by atoms with Gasteiger partial charge in [-0.2, -0.15) is 4.58 Å². The number of carbonyl (C=O) groups is 1. The van der Waals surface area contributed by atoms with E-state index in [1.807, 2.05) is 12.2 Å². The maximum atomic E-state index is 14.2. The van der Waals surface area contributed by atoms with Gasteiger partial charge in [0.2, 0.25) is 11.4 Å². The highest BCUT2D eigenvalue weighted by atomic mass is 16.1. The highest BCUT2D eigenvalue weighted by molar-refractivity contribution is 6.31. The van der Waals surface area contributed by atoms with Crippen LogP contribution in [0, 0.1) is 23.8 Å². The molecule has 7 rings (SSSR count). The number of hydrogen-bond acceptors (Lipinski definition) is 2. The van der Waals surface area contributed by atoms with E-state index in [4.69, 9.17) is 12.0 Å². The quantitative estimate of drug-likeness (QED) is 0.0783. The molecule has 0 spiro atoms. The lowest BCUT2D eigenvalue weighted by Gasteiger charge is -2.23. The van der Waals surface area contributed by atoms with Gasteiger partial charge in [0.15, 0.2) is 5.78 Å². The number of hydrogen-bond donors (Lipinski definition) is 1. The van der Waals surface area contributed by atoms with E-state index < -0.39 is 0 Å². The Hall–Kier alpha value is -5.30. The lowest BCUT2D eigenvalue weighted by molar-refractivity contribution is -0.437. The van der Waals surface area contributed by atoms with Gasteiger partial charge in [-0.05, 0) is 53.1 Å². The third-order valence-electron chi connectivity index (χ3n) is 9.40. The topological polar surface area (TPSA) is 53.2 Å². The van der Waals surface area contributed by atoms with Crippen molar-refractivity contribution in [2.24, 2.45) is 11.8 Å². The van der Waals surface area contributed by atoms with E-state index in [1.165, 1.54) is 10.8 Å². The first kappa shape index (κ1) is 29.4. The van der Waals surface area contributed by atoms with Crippen molar-refractivity contribution in [3.05, 3.63) is 124 Å². The highest BCUT2D eigenvalue weighted by Gasteiger charge is 2.38. The van der Waals surface area contributed by atoms with Crippen molar-refractivity contribution in [3.63, 3.8) is 0 Å². The zero-order valence-electron chi connectivity index (χ0n) is 26.8. The molecule has 5 nitrogen and oxygen atoms in total. The Morgan fingerprint density at radius 2 is 1.59 bits per heavy atom. The van der Waals surface area contributed by atoms with Gasteiger partial charge in [-0.25, -0.2) is 4.85 Å². The average Bonchev–Trinajstić information content (AvgIpc) is 3.53. The van der Waals surface area contributed by atoms with Crippen molar-refractivity contribution < 1.29 is 9.37 Å². The molecule has 0 bridgehead atoms. The van der Waals surface area contributed by atoms with Gasteiger partial charge >= 0.3 is 0 Å². The highest BCUT2D eigenvalue weighted by Crippen LogP contribution is 2.41. The number of nitrogens with one attached hydrogen (secondary N) is 1. The van der Waals surface area contributed by atoms with Crippen LogP contribution in [-0.2, 0) is 11.3 Å². The maximum Gasteiger partial charge on any atom is 0.254 e. The van der Waals surface area contributed by atoms with Crippen molar-refractivity contribution in [3.8, 4) is 0 Å². The van der Waals surface area contributed by atoms with Gasteiger partial charge in [-0.3, -0.25) is 10.2 Å². The van der Waals surface area contributed by atoms with Gasteiger partial charge < -0.3 is 4.57 Å². The molecular weight excluding hydrogens is 564 g/mol. The standard InChI is InChI=1S/C41H37N4O/c1-25(2)18-20-44-34-16-8-12-27-10-6-14-29(38(27)34)36(44)22-31-40(33(24-42)43-5)32(41(31)46)23-37-30-15-7-11-28-13-9-17-35(39(28)30)45(37)21-19-26(3)4/h6-17,22-23,25-26,42H,18-21H2,1-4H3/q+1. The van der Waals surface area contributed by atoms with Crippen molar-refractivity contribution >= 4 is 61.6 Å².